The first-order valence-electron chi connectivity index (χ1n) is 4.89. The lowest BCUT2D eigenvalue weighted by atomic mass is 10.1. The zero-order valence-corrected chi connectivity index (χ0v) is 8.01. The van der Waals surface area contributed by atoms with Crippen LogP contribution in [0.5, 0.6) is 0 Å². The zero-order valence-electron chi connectivity index (χ0n) is 8.01. The molecule has 13 heavy (non-hydrogen) atoms. The van der Waals surface area contributed by atoms with Crippen LogP contribution in [-0.2, 0) is 6.42 Å². The van der Waals surface area contributed by atoms with Crippen LogP contribution in [0.25, 0.3) is 12.2 Å². The average molecular weight is 176 g/mol. The Hall–Kier alpha value is -1.02. The minimum absolute atomic E-state index is 0.246. The molecule has 1 atom stereocenters. The predicted molar refractivity (Wildman–Crippen MR) is 55.6 cm³/mol. The summed E-state index contributed by atoms with van der Waals surface area (Å²) in [4.78, 5) is 3.29. The van der Waals surface area contributed by atoms with Gasteiger partial charge in [0.1, 0.15) is 0 Å². The van der Waals surface area contributed by atoms with E-state index in [1.54, 1.807) is 0 Å². The standard InChI is InChI=1S/C11H16N2/c1-8(12)6-9-7-13-11-5-3-2-4-10(9)11/h4-5,7-8,13H,2-3,6,12H2,1H3. The third kappa shape index (κ3) is 1.68. The summed E-state index contributed by atoms with van der Waals surface area (Å²) in [6, 6.07) is 0.246. The normalized spacial score (nSPS) is 17.1. The molecule has 2 nitrogen and oxygen atoms in total. The zero-order chi connectivity index (χ0) is 9.26. The molecule has 1 aromatic heterocycles. The molecule has 1 aliphatic rings. The van der Waals surface area contributed by atoms with Crippen LogP contribution < -0.4 is 16.3 Å². The minimum Gasteiger partial charge on any atom is -0.361 e. The molecule has 0 radical (unpaired) electrons. The molecule has 1 aromatic rings. The van der Waals surface area contributed by atoms with E-state index in [1.807, 2.05) is 6.92 Å². The second-order valence-corrected chi connectivity index (χ2v) is 3.81. The number of fused-ring (bicyclic) bond motifs is 1. The number of rotatable bonds is 2. The molecule has 0 aliphatic heterocycles. The molecule has 2 heteroatoms. The summed E-state index contributed by atoms with van der Waals surface area (Å²) in [6.07, 6.45) is 9.95. The predicted octanol–water partition coefficient (Wildman–Crippen LogP) is 0.259. The number of nitrogens with two attached hydrogens (primary N) is 1. The van der Waals surface area contributed by atoms with Crippen molar-refractivity contribution in [3.05, 3.63) is 22.3 Å². The third-order valence-corrected chi connectivity index (χ3v) is 2.44. The molecule has 70 valence electrons. The van der Waals surface area contributed by atoms with Gasteiger partial charge < -0.3 is 10.7 Å². The Bertz CT molecular complexity index is 398. The minimum atomic E-state index is 0.246. The van der Waals surface area contributed by atoms with Gasteiger partial charge in [0.15, 0.2) is 0 Å². The van der Waals surface area contributed by atoms with Gasteiger partial charge >= 0.3 is 0 Å². The van der Waals surface area contributed by atoms with E-state index in [0.717, 1.165) is 19.3 Å². The van der Waals surface area contributed by atoms with Gasteiger partial charge in [-0.3, -0.25) is 0 Å². The van der Waals surface area contributed by atoms with E-state index in [4.69, 9.17) is 5.73 Å². The highest BCUT2D eigenvalue weighted by atomic mass is 14.7. The fraction of sp³-hybridized carbons (Fsp3) is 0.455. The van der Waals surface area contributed by atoms with Gasteiger partial charge in [-0.2, -0.15) is 0 Å². The smallest absolute Gasteiger partial charge is 0.0413 e. The Morgan fingerprint density at radius 1 is 1.46 bits per heavy atom. The topological polar surface area (TPSA) is 41.8 Å². The fourth-order valence-electron chi connectivity index (χ4n) is 1.87. The number of hydrogen-bond acceptors (Lipinski definition) is 1. The molecular weight excluding hydrogens is 160 g/mol. The van der Waals surface area contributed by atoms with E-state index in [-0.39, 0.29) is 6.04 Å². The molecule has 1 aliphatic carbocycles. The Morgan fingerprint density at radius 3 is 3.00 bits per heavy atom. The van der Waals surface area contributed by atoms with Crippen molar-refractivity contribution in [1.29, 1.82) is 0 Å². The Morgan fingerprint density at radius 2 is 2.23 bits per heavy atom. The SMILES string of the molecule is CC(N)Cc1c[nH]c2c1=CCCC=2. The van der Waals surface area contributed by atoms with Gasteiger partial charge in [-0.25, -0.2) is 0 Å². The van der Waals surface area contributed by atoms with Crippen LogP contribution in [0.4, 0.5) is 0 Å². The highest BCUT2D eigenvalue weighted by Gasteiger charge is 2.04. The number of nitrogens with one attached hydrogen (secondary N) is 1. The first-order valence-corrected chi connectivity index (χ1v) is 4.89. The van der Waals surface area contributed by atoms with Crippen LogP contribution in [0.2, 0.25) is 0 Å². The van der Waals surface area contributed by atoms with Crippen LogP contribution in [0.3, 0.4) is 0 Å². The van der Waals surface area contributed by atoms with Crippen LogP contribution in [0, 0.1) is 0 Å². The Balaban J connectivity index is 2.44. The molecule has 0 spiro atoms. The lowest BCUT2D eigenvalue weighted by Gasteiger charge is -2.02. The Kier molecular flexibility index (Phi) is 2.23. The van der Waals surface area contributed by atoms with E-state index in [0.29, 0.717) is 0 Å². The second kappa shape index (κ2) is 3.38. The maximum atomic E-state index is 5.78. The summed E-state index contributed by atoms with van der Waals surface area (Å²) in [7, 11) is 0. The van der Waals surface area contributed by atoms with Crippen molar-refractivity contribution in [3.63, 3.8) is 0 Å². The molecule has 0 saturated carbocycles. The summed E-state index contributed by atoms with van der Waals surface area (Å²) < 4.78 is 0. The van der Waals surface area contributed by atoms with E-state index in [2.05, 4.69) is 23.3 Å². The highest BCUT2D eigenvalue weighted by Crippen LogP contribution is 1.98. The lowest BCUT2D eigenvalue weighted by Crippen LogP contribution is -2.29. The van der Waals surface area contributed by atoms with Crippen LogP contribution >= 0.6 is 0 Å². The van der Waals surface area contributed by atoms with E-state index in [1.165, 1.54) is 16.1 Å². The molecular formula is C11H16N2. The van der Waals surface area contributed by atoms with Gasteiger partial charge in [-0.05, 0) is 37.0 Å². The van der Waals surface area contributed by atoms with Gasteiger partial charge in [0, 0.05) is 17.6 Å². The second-order valence-electron chi connectivity index (χ2n) is 3.81. The number of aromatic amines is 1. The highest BCUT2D eigenvalue weighted by molar-refractivity contribution is 5.39. The van der Waals surface area contributed by atoms with Crippen molar-refractivity contribution in [2.24, 2.45) is 5.73 Å². The maximum Gasteiger partial charge on any atom is 0.0413 e. The Labute approximate surface area is 78.2 Å². The molecule has 1 unspecified atom stereocenters. The first kappa shape index (κ1) is 8.57. The number of hydrogen-bond donors (Lipinski definition) is 2. The van der Waals surface area contributed by atoms with Gasteiger partial charge in [0.2, 0.25) is 0 Å². The third-order valence-electron chi connectivity index (χ3n) is 2.44. The molecule has 0 aromatic carbocycles. The summed E-state index contributed by atoms with van der Waals surface area (Å²) in [5.74, 6) is 0. The van der Waals surface area contributed by atoms with Crippen molar-refractivity contribution in [2.75, 3.05) is 0 Å². The molecule has 0 amide bonds. The lowest BCUT2D eigenvalue weighted by molar-refractivity contribution is 0.736. The largest absolute Gasteiger partial charge is 0.361 e. The van der Waals surface area contributed by atoms with Crippen molar-refractivity contribution >= 4 is 12.2 Å². The summed E-state index contributed by atoms with van der Waals surface area (Å²) in [5.41, 5.74) is 7.14. The van der Waals surface area contributed by atoms with Crippen molar-refractivity contribution in [1.82, 2.24) is 4.98 Å². The van der Waals surface area contributed by atoms with Crippen LogP contribution in [0.1, 0.15) is 25.3 Å². The van der Waals surface area contributed by atoms with E-state index in [9.17, 15) is 0 Å². The molecule has 0 fully saturated rings. The van der Waals surface area contributed by atoms with Crippen LogP contribution in [0.15, 0.2) is 6.20 Å². The first-order chi connectivity index (χ1) is 6.27. The monoisotopic (exact) mass is 176 g/mol. The van der Waals surface area contributed by atoms with E-state index < -0.39 is 0 Å². The van der Waals surface area contributed by atoms with Crippen molar-refractivity contribution < 1.29 is 0 Å². The molecule has 0 bridgehead atoms. The average Bonchev–Trinajstić information content (AvgIpc) is 2.48. The van der Waals surface area contributed by atoms with Gasteiger partial charge in [0.25, 0.3) is 0 Å². The summed E-state index contributed by atoms with van der Waals surface area (Å²) in [6.45, 7) is 2.05. The number of H-pyrrole nitrogens is 1. The molecule has 1 heterocycles. The van der Waals surface area contributed by atoms with E-state index >= 15 is 0 Å². The van der Waals surface area contributed by atoms with Crippen molar-refractivity contribution in [2.45, 2.75) is 32.2 Å². The molecule has 2 rings (SSSR count). The summed E-state index contributed by atoms with van der Waals surface area (Å²) in [5, 5.41) is 2.66. The van der Waals surface area contributed by atoms with Crippen LogP contribution in [-0.4, -0.2) is 11.0 Å². The van der Waals surface area contributed by atoms with Gasteiger partial charge in [0.05, 0.1) is 0 Å². The molecule has 0 saturated heterocycles. The number of aromatic nitrogens is 1. The van der Waals surface area contributed by atoms with Gasteiger partial charge in [-0.15, -0.1) is 0 Å². The summed E-state index contributed by atoms with van der Waals surface area (Å²) >= 11 is 0. The fourth-order valence-corrected chi connectivity index (χ4v) is 1.87. The maximum absolute atomic E-state index is 5.78. The van der Waals surface area contributed by atoms with Gasteiger partial charge in [-0.1, -0.05) is 12.2 Å². The molecule has 3 N–H and O–H groups in total. The van der Waals surface area contributed by atoms with Crippen molar-refractivity contribution in [3.8, 4) is 0 Å². The quantitative estimate of drug-likeness (QED) is 0.667.